The van der Waals surface area contributed by atoms with E-state index in [1.54, 1.807) is 0 Å². The summed E-state index contributed by atoms with van der Waals surface area (Å²) in [5.74, 6) is 1.74. The zero-order valence-electron chi connectivity index (χ0n) is 12.2. The maximum Gasteiger partial charge on any atom is 0.0772 e. The average Bonchev–Trinajstić information content (AvgIpc) is 3.36. The van der Waals surface area contributed by atoms with Crippen molar-refractivity contribution in [1.29, 1.82) is 0 Å². The molecule has 0 saturated heterocycles. The maximum absolute atomic E-state index is 9.84. The second-order valence-electron chi connectivity index (χ2n) is 6.76. The first-order valence-corrected chi connectivity index (χ1v) is 7.87. The Bertz CT molecular complexity index is 414. The van der Waals surface area contributed by atoms with Crippen LogP contribution in [-0.2, 0) is 5.54 Å². The topological polar surface area (TPSA) is 49.5 Å². The molecule has 0 heterocycles. The average molecular weight is 274 g/mol. The molecule has 3 nitrogen and oxygen atoms in total. The highest BCUT2D eigenvalue weighted by Crippen LogP contribution is 2.34. The summed E-state index contributed by atoms with van der Waals surface area (Å²) in [5.41, 5.74) is 6.93. The lowest BCUT2D eigenvalue weighted by atomic mass is 9.91. The fourth-order valence-electron chi connectivity index (χ4n) is 2.94. The van der Waals surface area contributed by atoms with E-state index in [9.17, 15) is 5.11 Å². The minimum absolute atomic E-state index is 0.00282. The lowest BCUT2D eigenvalue weighted by Gasteiger charge is -2.34. The molecule has 20 heavy (non-hydrogen) atoms. The van der Waals surface area contributed by atoms with E-state index in [-0.39, 0.29) is 6.61 Å². The second-order valence-corrected chi connectivity index (χ2v) is 6.76. The Labute approximate surface area is 121 Å². The number of rotatable bonds is 8. The highest BCUT2D eigenvalue weighted by atomic mass is 16.3. The molecule has 1 aromatic rings. The van der Waals surface area contributed by atoms with Gasteiger partial charge in [-0.2, -0.15) is 0 Å². The van der Waals surface area contributed by atoms with E-state index >= 15 is 0 Å². The highest BCUT2D eigenvalue weighted by Gasteiger charge is 2.34. The van der Waals surface area contributed by atoms with Gasteiger partial charge in [-0.05, 0) is 43.1 Å². The van der Waals surface area contributed by atoms with Gasteiger partial charge in [0.25, 0.3) is 0 Å². The number of aliphatic hydroxyl groups is 1. The fourth-order valence-corrected chi connectivity index (χ4v) is 2.94. The molecule has 0 bridgehead atoms. The van der Waals surface area contributed by atoms with Gasteiger partial charge in [-0.3, -0.25) is 0 Å². The smallest absolute Gasteiger partial charge is 0.0772 e. The van der Waals surface area contributed by atoms with Crippen LogP contribution in [0.2, 0.25) is 0 Å². The van der Waals surface area contributed by atoms with Gasteiger partial charge in [-0.1, -0.05) is 30.3 Å². The van der Waals surface area contributed by atoms with E-state index in [0.717, 1.165) is 37.0 Å². The number of hydrogen-bond acceptors (Lipinski definition) is 3. The molecular formula is C17H26N2O. The minimum Gasteiger partial charge on any atom is -0.394 e. The van der Waals surface area contributed by atoms with Gasteiger partial charge in [0.15, 0.2) is 0 Å². The van der Waals surface area contributed by atoms with E-state index in [4.69, 9.17) is 5.73 Å². The largest absolute Gasteiger partial charge is 0.394 e. The monoisotopic (exact) mass is 274 g/mol. The van der Waals surface area contributed by atoms with E-state index in [2.05, 4.69) is 4.90 Å². The van der Waals surface area contributed by atoms with Crippen LogP contribution in [-0.4, -0.2) is 36.2 Å². The summed E-state index contributed by atoms with van der Waals surface area (Å²) >= 11 is 0. The van der Waals surface area contributed by atoms with Crippen LogP contribution in [0.25, 0.3) is 0 Å². The molecule has 3 heteroatoms. The number of nitrogens with two attached hydrogens (primary N) is 1. The van der Waals surface area contributed by atoms with Gasteiger partial charge in [0.05, 0.1) is 12.1 Å². The van der Waals surface area contributed by atoms with E-state index in [1.165, 1.54) is 25.7 Å². The van der Waals surface area contributed by atoms with Gasteiger partial charge in [-0.25, -0.2) is 0 Å². The molecule has 1 unspecified atom stereocenters. The Hall–Kier alpha value is -0.900. The summed E-state index contributed by atoms with van der Waals surface area (Å²) in [6, 6.07) is 10.1. The molecule has 0 amide bonds. The van der Waals surface area contributed by atoms with Crippen LogP contribution >= 0.6 is 0 Å². The summed E-state index contributed by atoms with van der Waals surface area (Å²) in [7, 11) is 0. The zero-order chi connectivity index (χ0) is 14.0. The molecule has 0 radical (unpaired) electrons. The van der Waals surface area contributed by atoms with Crippen molar-refractivity contribution >= 4 is 0 Å². The van der Waals surface area contributed by atoms with Gasteiger partial charge in [0, 0.05) is 19.6 Å². The fraction of sp³-hybridized carbons (Fsp3) is 0.647. The van der Waals surface area contributed by atoms with E-state index in [0.29, 0.717) is 0 Å². The normalized spacial score (nSPS) is 21.9. The Balaban J connectivity index is 1.69. The highest BCUT2D eigenvalue weighted by molar-refractivity contribution is 5.24. The van der Waals surface area contributed by atoms with Gasteiger partial charge in [0.2, 0.25) is 0 Å². The minimum atomic E-state index is -0.634. The molecule has 3 N–H and O–H groups in total. The lowest BCUT2D eigenvalue weighted by Crippen LogP contribution is -2.51. The summed E-state index contributed by atoms with van der Waals surface area (Å²) in [6.07, 6.45) is 5.46. The maximum atomic E-state index is 9.84. The molecule has 110 valence electrons. The molecule has 0 spiro atoms. The standard InChI is InChI=1S/C17H26N2O/c18-17(13-20,16-4-2-1-3-5-16)12-19(10-14-6-7-14)11-15-8-9-15/h1-5,14-15,20H,6-13,18H2. The van der Waals surface area contributed by atoms with Crippen LogP contribution in [0, 0.1) is 11.8 Å². The van der Waals surface area contributed by atoms with Crippen LogP contribution in [0.5, 0.6) is 0 Å². The first-order valence-electron chi connectivity index (χ1n) is 7.87. The number of nitrogens with zero attached hydrogens (tertiary/aromatic N) is 1. The van der Waals surface area contributed by atoms with Crippen LogP contribution in [0.4, 0.5) is 0 Å². The quantitative estimate of drug-likeness (QED) is 0.762. The van der Waals surface area contributed by atoms with Crippen molar-refractivity contribution in [2.75, 3.05) is 26.2 Å². The lowest BCUT2D eigenvalue weighted by molar-refractivity contribution is 0.129. The number of aliphatic hydroxyl groups excluding tert-OH is 1. The third-order valence-electron chi connectivity index (χ3n) is 4.56. The molecule has 0 aromatic heterocycles. The third-order valence-corrected chi connectivity index (χ3v) is 4.56. The third kappa shape index (κ3) is 3.60. The van der Waals surface area contributed by atoms with Crippen LogP contribution < -0.4 is 5.73 Å². The Morgan fingerprint density at radius 2 is 1.60 bits per heavy atom. The SMILES string of the molecule is NC(CO)(CN(CC1CC1)CC1CC1)c1ccccc1. The summed E-state index contributed by atoms with van der Waals surface area (Å²) in [5, 5.41) is 9.84. The van der Waals surface area contributed by atoms with Crippen molar-refractivity contribution < 1.29 is 5.11 Å². The molecule has 1 aromatic carbocycles. The summed E-state index contributed by atoms with van der Waals surface area (Å²) in [4.78, 5) is 2.50. The van der Waals surface area contributed by atoms with Gasteiger partial charge in [0.1, 0.15) is 0 Å². The van der Waals surface area contributed by atoms with Crippen molar-refractivity contribution in [3.8, 4) is 0 Å². The van der Waals surface area contributed by atoms with Crippen molar-refractivity contribution in [2.24, 2.45) is 17.6 Å². The molecule has 2 fully saturated rings. The van der Waals surface area contributed by atoms with Crippen LogP contribution in [0.1, 0.15) is 31.2 Å². The summed E-state index contributed by atoms with van der Waals surface area (Å²) in [6.45, 7) is 3.08. The van der Waals surface area contributed by atoms with Gasteiger partial charge < -0.3 is 15.7 Å². The molecule has 1 atom stereocenters. The molecule has 3 rings (SSSR count). The van der Waals surface area contributed by atoms with Crippen molar-refractivity contribution in [3.05, 3.63) is 35.9 Å². The first-order chi connectivity index (χ1) is 9.69. The number of hydrogen-bond donors (Lipinski definition) is 2. The summed E-state index contributed by atoms with van der Waals surface area (Å²) < 4.78 is 0. The van der Waals surface area contributed by atoms with Crippen molar-refractivity contribution in [3.63, 3.8) is 0 Å². The predicted molar refractivity (Wildman–Crippen MR) is 81.3 cm³/mol. The Kier molecular flexibility index (Phi) is 4.11. The van der Waals surface area contributed by atoms with E-state index < -0.39 is 5.54 Å². The first kappa shape index (κ1) is 14.1. The molecule has 0 aliphatic heterocycles. The molecular weight excluding hydrogens is 248 g/mol. The predicted octanol–water partition coefficient (Wildman–Crippen LogP) is 1.95. The molecule has 2 aliphatic rings. The van der Waals surface area contributed by atoms with Crippen molar-refractivity contribution in [1.82, 2.24) is 4.90 Å². The second kappa shape index (κ2) is 5.84. The Morgan fingerprint density at radius 3 is 2.05 bits per heavy atom. The van der Waals surface area contributed by atoms with Gasteiger partial charge in [-0.15, -0.1) is 0 Å². The van der Waals surface area contributed by atoms with Crippen LogP contribution in [0.15, 0.2) is 30.3 Å². The Morgan fingerprint density at radius 1 is 1.05 bits per heavy atom. The van der Waals surface area contributed by atoms with E-state index in [1.807, 2.05) is 30.3 Å². The van der Waals surface area contributed by atoms with Crippen LogP contribution in [0.3, 0.4) is 0 Å². The van der Waals surface area contributed by atoms with Crippen molar-refractivity contribution in [2.45, 2.75) is 31.2 Å². The zero-order valence-corrected chi connectivity index (χ0v) is 12.2. The number of benzene rings is 1. The molecule has 2 aliphatic carbocycles. The molecule has 2 saturated carbocycles. The van der Waals surface area contributed by atoms with Gasteiger partial charge >= 0.3 is 0 Å².